The third kappa shape index (κ3) is 1.53. The molecule has 4 heteroatoms. The van der Waals surface area contributed by atoms with E-state index in [0.717, 1.165) is 29.7 Å². The second-order valence-electron chi connectivity index (χ2n) is 4.66. The lowest BCUT2D eigenvalue weighted by Gasteiger charge is -2.20. The molecule has 1 aromatic heterocycles. The van der Waals surface area contributed by atoms with Gasteiger partial charge in [-0.3, -0.25) is 0 Å². The number of rotatable bonds is 2. The number of aliphatic hydroxyl groups is 1. The lowest BCUT2D eigenvalue weighted by Crippen LogP contribution is -2.24. The first-order chi connectivity index (χ1) is 8.72. The molecule has 0 aliphatic carbocycles. The summed E-state index contributed by atoms with van der Waals surface area (Å²) in [7, 11) is 0. The van der Waals surface area contributed by atoms with Crippen molar-refractivity contribution in [1.82, 2.24) is 4.98 Å². The van der Waals surface area contributed by atoms with E-state index in [1.165, 1.54) is 5.56 Å². The maximum absolute atomic E-state index is 9.91. The summed E-state index contributed by atoms with van der Waals surface area (Å²) >= 11 is 0. The lowest BCUT2D eigenvalue weighted by molar-refractivity contribution is 0.303. The van der Waals surface area contributed by atoms with Gasteiger partial charge in [0.1, 0.15) is 11.3 Å². The van der Waals surface area contributed by atoms with Crippen LogP contribution in [0, 0.1) is 6.92 Å². The van der Waals surface area contributed by atoms with Crippen LogP contribution in [0.25, 0.3) is 10.9 Å². The molecule has 0 saturated heterocycles. The zero-order valence-electron chi connectivity index (χ0n) is 10.3. The number of aryl methyl sites for hydroxylation is 1. The number of para-hydroxylation sites is 1. The highest BCUT2D eigenvalue weighted by atomic mass is 16.3. The molecule has 0 saturated carbocycles. The van der Waals surface area contributed by atoms with Crippen molar-refractivity contribution in [2.75, 3.05) is 24.6 Å². The summed E-state index contributed by atoms with van der Waals surface area (Å²) in [5.41, 5.74) is 3.99. The van der Waals surface area contributed by atoms with Crippen molar-refractivity contribution < 1.29 is 10.2 Å². The van der Waals surface area contributed by atoms with Crippen LogP contribution in [0.2, 0.25) is 0 Å². The van der Waals surface area contributed by atoms with Crippen molar-refractivity contribution in [3.05, 3.63) is 29.5 Å². The number of hydrogen-bond donors (Lipinski definition) is 2. The van der Waals surface area contributed by atoms with E-state index in [1.807, 2.05) is 19.1 Å². The van der Waals surface area contributed by atoms with Gasteiger partial charge >= 0.3 is 0 Å². The summed E-state index contributed by atoms with van der Waals surface area (Å²) in [4.78, 5) is 6.67. The first-order valence-electron chi connectivity index (χ1n) is 6.19. The summed E-state index contributed by atoms with van der Waals surface area (Å²) < 4.78 is 0. The van der Waals surface area contributed by atoms with E-state index < -0.39 is 0 Å². The fraction of sp³-hybridized carbons (Fsp3) is 0.357. The fourth-order valence-electron chi connectivity index (χ4n) is 2.77. The van der Waals surface area contributed by atoms with Crippen LogP contribution in [0.5, 0.6) is 5.75 Å². The average molecular weight is 244 g/mol. The van der Waals surface area contributed by atoms with E-state index in [4.69, 9.17) is 5.11 Å². The standard InChI is InChI=1S/C14H16N2O2/c1-9-10-5-6-16(7-8-17)14(10)11-3-2-4-12(18)13(11)15-9/h2-4,17-18H,5-8H2,1H3. The Morgan fingerprint density at radius 1 is 1.39 bits per heavy atom. The third-order valence-electron chi connectivity index (χ3n) is 3.59. The number of aromatic hydroxyl groups is 1. The van der Waals surface area contributed by atoms with Gasteiger partial charge in [-0.1, -0.05) is 12.1 Å². The van der Waals surface area contributed by atoms with E-state index in [9.17, 15) is 5.11 Å². The molecular formula is C14H16N2O2. The predicted octanol–water partition coefficient (Wildman–Crippen LogP) is 1.60. The second kappa shape index (κ2) is 4.14. The number of pyridine rings is 1. The van der Waals surface area contributed by atoms with Crippen LogP contribution in [0.4, 0.5) is 5.69 Å². The third-order valence-corrected chi connectivity index (χ3v) is 3.59. The predicted molar refractivity (Wildman–Crippen MR) is 71.1 cm³/mol. The van der Waals surface area contributed by atoms with Crippen LogP contribution in [0.3, 0.4) is 0 Å². The first kappa shape index (κ1) is 11.3. The molecular weight excluding hydrogens is 228 g/mol. The summed E-state index contributed by atoms with van der Waals surface area (Å²) in [5, 5.41) is 20.0. The molecule has 0 radical (unpaired) electrons. The van der Waals surface area contributed by atoms with Crippen molar-refractivity contribution in [3.8, 4) is 5.75 Å². The SMILES string of the molecule is Cc1nc2c(O)cccc2c2c1CCN2CCO. The lowest BCUT2D eigenvalue weighted by atomic mass is 10.1. The van der Waals surface area contributed by atoms with Gasteiger partial charge in [0.25, 0.3) is 0 Å². The molecule has 0 fully saturated rings. The summed E-state index contributed by atoms with van der Waals surface area (Å²) in [5.74, 6) is 0.217. The van der Waals surface area contributed by atoms with Crippen LogP contribution in [0.1, 0.15) is 11.3 Å². The zero-order chi connectivity index (χ0) is 12.7. The number of phenolic OH excluding ortho intramolecular Hbond substituents is 1. The Kier molecular flexibility index (Phi) is 2.59. The average Bonchev–Trinajstić information content (AvgIpc) is 2.76. The number of aliphatic hydroxyl groups excluding tert-OH is 1. The highest BCUT2D eigenvalue weighted by Gasteiger charge is 2.24. The van der Waals surface area contributed by atoms with Crippen LogP contribution >= 0.6 is 0 Å². The van der Waals surface area contributed by atoms with Gasteiger partial charge in [-0.25, -0.2) is 4.98 Å². The molecule has 18 heavy (non-hydrogen) atoms. The number of fused-ring (bicyclic) bond motifs is 3. The number of anilines is 1. The largest absolute Gasteiger partial charge is 0.506 e. The molecule has 0 spiro atoms. The minimum atomic E-state index is 0.140. The van der Waals surface area contributed by atoms with E-state index in [0.29, 0.717) is 12.1 Å². The molecule has 0 atom stereocenters. The monoisotopic (exact) mass is 244 g/mol. The van der Waals surface area contributed by atoms with Gasteiger partial charge in [-0.2, -0.15) is 0 Å². The van der Waals surface area contributed by atoms with Crippen LogP contribution in [0.15, 0.2) is 18.2 Å². The van der Waals surface area contributed by atoms with Crippen molar-refractivity contribution in [2.24, 2.45) is 0 Å². The van der Waals surface area contributed by atoms with Crippen molar-refractivity contribution in [2.45, 2.75) is 13.3 Å². The quantitative estimate of drug-likeness (QED) is 0.842. The Morgan fingerprint density at radius 3 is 3.00 bits per heavy atom. The minimum absolute atomic E-state index is 0.140. The topological polar surface area (TPSA) is 56.6 Å². The van der Waals surface area contributed by atoms with Crippen molar-refractivity contribution in [1.29, 1.82) is 0 Å². The Balaban J connectivity index is 2.30. The summed E-state index contributed by atoms with van der Waals surface area (Å²) in [6.07, 6.45) is 0.958. The van der Waals surface area contributed by atoms with Gasteiger partial charge in [0, 0.05) is 24.2 Å². The molecule has 1 aliphatic rings. The molecule has 2 aromatic rings. The molecule has 94 valence electrons. The van der Waals surface area contributed by atoms with Crippen LogP contribution in [-0.2, 0) is 6.42 Å². The molecule has 0 bridgehead atoms. The minimum Gasteiger partial charge on any atom is -0.506 e. The maximum Gasteiger partial charge on any atom is 0.141 e. The summed E-state index contributed by atoms with van der Waals surface area (Å²) in [6.45, 7) is 3.66. The molecule has 2 heterocycles. The van der Waals surface area contributed by atoms with Gasteiger partial charge in [0.2, 0.25) is 0 Å². The zero-order valence-corrected chi connectivity index (χ0v) is 10.3. The van der Waals surface area contributed by atoms with Gasteiger partial charge in [-0.05, 0) is 25.0 Å². The number of β-amino-alcohol motifs (C(OH)–C–C–N with tert-alkyl or cyclic N) is 1. The molecule has 0 unspecified atom stereocenters. The Morgan fingerprint density at radius 2 is 2.22 bits per heavy atom. The van der Waals surface area contributed by atoms with Crippen LogP contribution < -0.4 is 4.90 Å². The first-order valence-corrected chi connectivity index (χ1v) is 6.19. The van der Waals surface area contributed by atoms with E-state index in [2.05, 4.69) is 9.88 Å². The molecule has 0 amide bonds. The molecule has 1 aromatic carbocycles. The highest BCUT2D eigenvalue weighted by Crippen LogP contribution is 2.38. The molecule has 3 rings (SSSR count). The highest BCUT2D eigenvalue weighted by molar-refractivity contribution is 5.97. The van der Waals surface area contributed by atoms with Gasteiger partial charge in [0.05, 0.1) is 12.3 Å². The maximum atomic E-state index is 9.91. The molecule has 2 N–H and O–H groups in total. The van der Waals surface area contributed by atoms with E-state index >= 15 is 0 Å². The van der Waals surface area contributed by atoms with Crippen LogP contribution in [-0.4, -0.2) is 34.9 Å². The number of benzene rings is 1. The number of aromatic nitrogens is 1. The summed E-state index contributed by atoms with van der Waals surface area (Å²) in [6, 6.07) is 5.48. The smallest absolute Gasteiger partial charge is 0.141 e. The fourth-order valence-corrected chi connectivity index (χ4v) is 2.77. The molecule has 1 aliphatic heterocycles. The Labute approximate surface area is 105 Å². The van der Waals surface area contributed by atoms with Gasteiger partial charge in [-0.15, -0.1) is 0 Å². The van der Waals surface area contributed by atoms with Crippen molar-refractivity contribution >= 4 is 16.6 Å². The van der Waals surface area contributed by atoms with Gasteiger partial charge < -0.3 is 15.1 Å². The Bertz CT molecular complexity index is 610. The van der Waals surface area contributed by atoms with Crippen molar-refractivity contribution in [3.63, 3.8) is 0 Å². The molecule has 4 nitrogen and oxygen atoms in total. The van der Waals surface area contributed by atoms with E-state index in [-0.39, 0.29) is 12.4 Å². The number of hydrogen-bond acceptors (Lipinski definition) is 4. The normalized spacial score (nSPS) is 14.2. The van der Waals surface area contributed by atoms with E-state index in [1.54, 1.807) is 6.07 Å². The number of nitrogens with zero attached hydrogens (tertiary/aromatic N) is 2. The second-order valence-corrected chi connectivity index (χ2v) is 4.66. The number of phenols is 1. The Hall–Kier alpha value is -1.81. The van der Waals surface area contributed by atoms with Gasteiger partial charge in [0.15, 0.2) is 0 Å².